The number of hydrogen-bond donors (Lipinski definition) is 0. The van der Waals surface area contributed by atoms with Gasteiger partial charge in [-0.1, -0.05) is 79.9 Å². The summed E-state index contributed by atoms with van der Waals surface area (Å²) in [5.41, 5.74) is 4.17. The van der Waals surface area contributed by atoms with Gasteiger partial charge in [0.05, 0.1) is 35.0 Å². The van der Waals surface area contributed by atoms with E-state index in [2.05, 4.69) is 37.9 Å². The van der Waals surface area contributed by atoms with Crippen molar-refractivity contribution in [2.24, 2.45) is 41.4 Å². The summed E-state index contributed by atoms with van der Waals surface area (Å²) in [7, 11) is 0. The van der Waals surface area contributed by atoms with Crippen LogP contribution in [0, 0.1) is 41.4 Å². The monoisotopic (exact) mass is 682 g/mol. The minimum Gasteiger partial charge on any atom is -0.274 e. The van der Waals surface area contributed by atoms with Crippen LogP contribution in [0.1, 0.15) is 12.0 Å². The Morgan fingerprint density at radius 2 is 1.12 bits per heavy atom. The molecule has 1 saturated carbocycles. The molecule has 2 bridgehead atoms. The van der Waals surface area contributed by atoms with Gasteiger partial charge in [-0.05, 0) is 72.0 Å². The summed E-state index contributed by atoms with van der Waals surface area (Å²) in [6, 6.07) is 24.4. The first-order valence-electron chi connectivity index (χ1n) is 14.1. The van der Waals surface area contributed by atoms with Crippen LogP contribution in [-0.2, 0) is 19.2 Å². The molecule has 7 atom stereocenters. The number of nitrogens with zero attached hydrogens (tertiary/aromatic N) is 2. The molecule has 0 unspecified atom stereocenters. The first kappa shape index (κ1) is 26.0. The first-order chi connectivity index (χ1) is 20.3. The average molecular weight is 684 g/mol. The van der Waals surface area contributed by atoms with Crippen LogP contribution in [0.25, 0.3) is 5.57 Å². The Labute approximate surface area is 259 Å². The van der Waals surface area contributed by atoms with Crippen LogP contribution in [0.15, 0.2) is 106 Å². The maximum absolute atomic E-state index is 14.2. The van der Waals surface area contributed by atoms with E-state index in [0.29, 0.717) is 17.8 Å². The third-order valence-electron chi connectivity index (χ3n) is 9.80. The molecular formula is C34H24Br2N2O4. The molecule has 4 aliphatic carbocycles. The molecule has 3 aromatic rings. The number of hydrogen-bond acceptors (Lipinski definition) is 4. The smallest absolute Gasteiger partial charge is 0.238 e. The molecule has 3 fully saturated rings. The fraction of sp³-hybridized carbons (Fsp3) is 0.235. The van der Waals surface area contributed by atoms with Crippen molar-refractivity contribution < 1.29 is 19.2 Å². The van der Waals surface area contributed by atoms with Crippen LogP contribution in [-0.4, -0.2) is 23.6 Å². The number of imide groups is 2. The number of halogens is 2. The van der Waals surface area contributed by atoms with Crippen molar-refractivity contribution in [2.45, 2.75) is 6.42 Å². The molecule has 208 valence electrons. The number of carbonyl (C=O) groups is 4. The maximum atomic E-state index is 14.2. The first-order valence-corrected chi connectivity index (χ1v) is 15.7. The maximum Gasteiger partial charge on any atom is 0.238 e. The van der Waals surface area contributed by atoms with E-state index in [4.69, 9.17) is 0 Å². The molecule has 3 aromatic carbocycles. The van der Waals surface area contributed by atoms with Gasteiger partial charge in [-0.25, -0.2) is 0 Å². The van der Waals surface area contributed by atoms with Gasteiger partial charge >= 0.3 is 0 Å². The molecule has 0 aromatic heterocycles. The Hall–Kier alpha value is -3.62. The largest absolute Gasteiger partial charge is 0.274 e. The Morgan fingerprint density at radius 1 is 0.571 bits per heavy atom. The highest BCUT2D eigenvalue weighted by Crippen LogP contribution is 2.63. The highest BCUT2D eigenvalue weighted by molar-refractivity contribution is 9.10. The zero-order valence-corrected chi connectivity index (χ0v) is 25.4. The summed E-state index contributed by atoms with van der Waals surface area (Å²) in [5, 5.41) is 0. The van der Waals surface area contributed by atoms with Gasteiger partial charge in [-0.2, -0.15) is 0 Å². The second kappa shape index (κ2) is 9.44. The summed E-state index contributed by atoms with van der Waals surface area (Å²) < 4.78 is 1.72. The number of rotatable bonds is 3. The Morgan fingerprint density at radius 3 is 1.74 bits per heavy atom. The van der Waals surface area contributed by atoms with Gasteiger partial charge in [-0.3, -0.25) is 29.0 Å². The molecule has 0 N–H and O–H groups in total. The van der Waals surface area contributed by atoms with E-state index in [1.807, 2.05) is 60.7 Å². The van der Waals surface area contributed by atoms with Crippen molar-refractivity contribution in [3.8, 4) is 0 Å². The number of anilines is 2. The number of fused-ring (bicyclic) bond motifs is 1. The molecule has 42 heavy (non-hydrogen) atoms. The van der Waals surface area contributed by atoms with E-state index in [1.54, 1.807) is 24.3 Å². The highest BCUT2D eigenvalue weighted by atomic mass is 79.9. The van der Waals surface area contributed by atoms with Crippen LogP contribution in [0.3, 0.4) is 0 Å². The van der Waals surface area contributed by atoms with E-state index < -0.39 is 23.7 Å². The summed E-state index contributed by atoms with van der Waals surface area (Å²) in [6.45, 7) is 0. The normalized spacial score (nSPS) is 31.1. The Balaban J connectivity index is 1.28. The minimum atomic E-state index is -0.591. The lowest BCUT2D eigenvalue weighted by molar-refractivity contribution is -0.129. The van der Waals surface area contributed by atoms with Crippen molar-refractivity contribution in [3.05, 3.63) is 111 Å². The summed E-state index contributed by atoms with van der Waals surface area (Å²) in [5.74, 6) is -4.10. The highest BCUT2D eigenvalue weighted by Gasteiger charge is 2.67. The third kappa shape index (κ3) is 3.54. The van der Waals surface area contributed by atoms with E-state index >= 15 is 0 Å². The van der Waals surface area contributed by atoms with E-state index in [-0.39, 0.29) is 41.4 Å². The molecular weight excluding hydrogens is 660 g/mol. The quantitative estimate of drug-likeness (QED) is 0.236. The fourth-order valence-electron chi connectivity index (χ4n) is 8.21. The molecule has 2 heterocycles. The Bertz CT molecular complexity index is 1750. The predicted molar refractivity (Wildman–Crippen MR) is 165 cm³/mol. The standard InChI is InChI=1S/C34H24Br2N2O4/c35-18-6-10-20(11-7-18)37-31(39)25-16-24(17-4-2-1-3-5-17)26-22-14-15-23(27(26)30(25)34(37)42)29-28(22)32(40)38(33(29)41)21-12-8-19(36)9-13-21/h1-15,22-23,25,27-30H,16H2/t22-,23-,25+,27-,28+,29+,30-/m0/s1. The van der Waals surface area contributed by atoms with Gasteiger partial charge in [0.1, 0.15) is 0 Å². The van der Waals surface area contributed by atoms with Gasteiger partial charge in [0.15, 0.2) is 0 Å². The van der Waals surface area contributed by atoms with Gasteiger partial charge < -0.3 is 0 Å². The van der Waals surface area contributed by atoms with E-state index in [9.17, 15) is 19.2 Å². The minimum absolute atomic E-state index is 0.197. The third-order valence-corrected chi connectivity index (χ3v) is 10.9. The number of benzene rings is 3. The number of allylic oxidation sites excluding steroid dienone is 4. The lowest BCUT2D eigenvalue weighted by Crippen LogP contribution is -2.51. The molecule has 4 amide bonds. The lowest BCUT2D eigenvalue weighted by atomic mass is 9.49. The summed E-state index contributed by atoms with van der Waals surface area (Å²) in [4.78, 5) is 59.1. The number of carbonyl (C=O) groups excluding carboxylic acids is 4. The van der Waals surface area contributed by atoms with Crippen molar-refractivity contribution in [1.29, 1.82) is 0 Å². The topological polar surface area (TPSA) is 74.8 Å². The zero-order chi connectivity index (χ0) is 28.9. The van der Waals surface area contributed by atoms with Crippen LogP contribution in [0.4, 0.5) is 11.4 Å². The fourth-order valence-corrected chi connectivity index (χ4v) is 8.73. The second-order valence-electron chi connectivity index (χ2n) is 11.7. The molecule has 8 heteroatoms. The molecule has 9 rings (SSSR count). The average Bonchev–Trinajstić information content (AvgIpc) is 3.43. The van der Waals surface area contributed by atoms with Gasteiger partial charge in [-0.15, -0.1) is 0 Å². The van der Waals surface area contributed by atoms with Crippen molar-refractivity contribution in [3.63, 3.8) is 0 Å². The molecule has 2 saturated heterocycles. The summed E-state index contributed by atoms with van der Waals surface area (Å²) >= 11 is 6.88. The second-order valence-corrected chi connectivity index (χ2v) is 13.5. The van der Waals surface area contributed by atoms with Crippen molar-refractivity contribution in [2.75, 3.05) is 9.80 Å². The molecule has 0 radical (unpaired) electrons. The van der Waals surface area contributed by atoms with Crippen LogP contribution in [0.5, 0.6) is 0 Å². The van der Waals surface area contributed by atoms with Gasteiger partial charge in [0.25, 0.3) is 0 Å². The molecule has 0 spiro atoms. The number of amides is 4. The summed E-state index contributed by atoms with van der Waals surface area (Å²) in [6.07, 6.45) is 4.54. The van der Waals surface area contributed by atoms with Crippen LogP contribution >= 0.6 is 31.9 Å². The molecule has 2 aliphatic heterocycles. The lowest BCUT2D eigenvalue weighted by Gasteiger charge is -2.51. The van der Waals surface area contributed by atoms with E-state index in [1.165, 1.54) is 9.80 Å². The van der Waals surface area contributed by atoms with Gasteiger partial charge in [0, 0.05) is 20.8 Å². The van der Waals surface area contributed by atoms with Crippen molar-refractivity contribution >= 4 is 72.4 Å². The van der Waals surface area contributed by atoms with Crippen LogP contribution < -0.4 is 9.80 Å². The predicted octanol–water partition coefficient (Wildman–Crippen LogP) is 6.41. The van der Waals surface area contributed by atoms with Crippen LogP contribution in [0.2, 0.25) is 0 Å². The SMILES string of the molecule is O=C1[C@@H]2[C@H]3C=C[C@@H](C4=C(c5ccccc5)C[C@H]5C(=O)N(c6ccc(Br)cc6)C(=O)[C@@H]5[C@H]43)[C@H]2C(=O)N1c1ccc(Br)cc1. The Kier molecular flexibility index (Phi) is 5.86. The zero-order valence-electron chi connectivity index (χ0n) is 22.2. The molecule has 6 aliphatic rings. The van der Waals surface area contributed by atoms with Crippen molar-refractivity contribution in [1.82, 2.24) is 0 Å². The van der Waals surface area contributed by atoms with E-state index in [0.717, 1.165) is 25.7 Å². The molecule has 6 nitrogen and oxygen atoms in total. The van der Waals surface area contributed by atoms with Gasteiger partial charge in [0.2, 0.25) is 23.6 Å².